The molecule has 0 bridgehead atoms. The van der Waals surface area contributed by atoms with E-state index in [0.717, 1.165) is 0 Å². The monoisotopic (exact) mass is 261 g/mol. The Balaban J connectivity index is 1.84. The number of likely N-dealkylation sites (N-methyl/N-ethyl adjacent to an activating group) is 1. The number of nitrogens with zero attached hydrogens (tertiary/aromatic N) is 2. The minimum Gasteiger partial charge on any atom is -0.313 e. The summed E-state index contributed by atoms with van der Waals surface area (Å²) >= 11 is 0. The summed E-state index contributed by atoms with van der Waals surface area (Å²) in [5.41, 5.74) is 1.40. The molecular formula is C16H27N3. The van der Waals surface area contributed by atoms with Crippen molar-refractivity contribution in [2.75, 3.05) is 40.3 Å². The topological polar surface area (TPSA) is 18.5 Å². The number of rotatable bonds is 5. The van der Waals surface area contributed by atoms with Crippen molar-refractivity contribution >= 4 is 0 Å². The van der Waals surface area contributed by atoms with Crippen LogP contribution in [0.1, 0.15) is 24.9 Å². The van der Waals surface area contributed by atoms with Gasteiger partial charge < -0.3 is 15.1 Å². The molecule has 19 heavy (non-hydrogen) atoms. The third kappa shape index (κ3) is 4.03. The van der Waals surface area contributed by atoms with E-state index < -0.39 is 0 Å². The van der Waals surface area contributed by atoms with Crippen LogP contribution in [0.2, 0.25) is 0 Å². The summed E-state index contributed by atoms with van der Waals surface area (Å²) in [5, 5.41) is 3.44. The molecule has 1 N–H and O–H groups in total. The molecule has 0 saturated carbocycles. The lowest BCUT2D eigenvalue weighted by atomic mass is 10.0. The molecular weight excluding hydrogens is 234 g/mol. The van der Waals surface area contributed by atoms with Crippen molar-refractivity contribution < 1.29 is 0 Å². The van der Waals surface area contributed by atoms with Gasteiger partial charge in [0.15, 0.2) is 0 Å². The van der Waals surface area contributed by atoms with E-state index in [1.807, 2.05) is 0 Å². The molecule has 0 amide bonds. The second-order valence-electron chi connectivity index (χ2n) is 5.67. The van der Waals surface area contributed by atoms with Gasteiger partial charge in [-0.2, -0.15) is 0 Å². The third-order valence-electron chi connectivity index (χ3n) is 4.33. The normalized spacial score (nSPS) is 23.4. The van der Waals surface area contributed by atoms with E-state index in [-0.39, 0.29) is 0 Å². The maximum atomic E-state index is 3.44. The molecule has 1 aliphatic heterocycles. The standard InChI is InChI=1S/C16H27N3/c1-14-13-19(12-11-18(14)3)10-9-16(17-2)15-7-5-4-6-8-15/h4-8,14,16-17H,9-13H2,1-3H3. The van der Waals surface area contributed by atoms with Crippen molar-refractivity contribution in [2.24, 2.45) is 0 Å². The molecule has 3 heteroatoms. The van der Waals surface area contributed by atoms with Crippen LogP contribution in [-0.2, 0) is 0 Å². The first kappa shape index (κ1) is 14.5. The Hall–Kier alpha value is -0.900. The van der Waals surface area contributed by atoms with E-state index in [2.05, 4.69) is 66.5 Å². The predicted octanol–water partition coefficient (Wildman–Crippen LogP) is 1.97. The molecule has 2 atom stereocenters. The van der Waals surface area contributed by atoms with E-state index in [4.69, 9.17) is 0 Å². The fourth-order valence-corrected chi connectivity index (χ4v) is 2.80. The maximum Gasteiger partial charge on any atom is 0.0329 e. The molecule has 0 radical (unpaired) electrons. The summed E-state index contributed by atoms with van der Waals surface area (Å²) in [6.45, 7) is 7.09. The Labute approximate surface area is 117 Å². The number of hydrogen-bond donors (Lipinski definition) is 1. The smallest absolute Gasteiger partial charge is 0.0329 e. The Kier molecular flexibility index (Phi) is 5.37. The van der Waals surface area contributed by atoms with Gasteiger partial charge in [-0.15, -0.1) is 0 Å². The van der Waals surface area contributed by atoms with Gasteiger partial charge in [0.1, 0.15) is 0 Å². The number of piperazine rings is 1. The summed E-state index contributed by atoms with van der Waals surface area (Å²) in [4.78, 5) is 5.04. The lowest BCUT2D eigenvalue weighted by Crippen LogP contribution is -2.50. The zero-order valence-electron chi connectivity index (χ0n) is 12.5. The second kappa shape index (κ2) is 7.04. The molecule has 1 heterocycles. The molecule has 2 rings (SSSR count). The fourth-order valence-electron chi connectivity index (χ4n) is 2.80. The molecule has 2 unspecified atom stereocenters. The second-order valence-corrected chi connectivity index (χ2v) is 5.67. The quantitative estimate of drug-likeness (QED) is 0.874. The van der Waals surface area contributed by atoms with Crippen LogP contribution < -0.4 is 5.32 Å². The molecule has 106 valence electrons. The van der Waals surface area contributed by atoms with Crippen LogP contribution in [0.5, 0.6) is 0 Å². The lowest BCUT2D eigenvalue weighted by Gasteiger charge is -2.38. The largest absolute Gasteiger partial charge is 0.313 e. The predicted molar refractivity (Wildman–Crippen MR) is 81.4 cm³/mol. The Morgan fingerprint density at radius 1 is 1.26 bits per heavy atom. The zero-order chi connectivity index (χ0) is 13.7. The van der Waals surface area contributed by atoms with Gasteiger partial charge in [0.25, 0.3) is 0 Å². The lowest BCUT2D eigenvalue weighted by molar-refractivity contribution is 0.102. The molecule has 1 saturated heterocycles. The van der Waals surface area contributed by atoms with Crippen LogP contribution in [0.25, 0.3) is 0 Å². The fraction of sp³-hybridized carbons (Fsp3) is 0.625. The van der Waals surface area contributed by atoms with Crippen LogP contribution in [0, 0.1) is 0 Å². The molecule has 0 aromatic heterocycles. The number of hydrogen-bond acceptors (Lipinski definition) is 3. The molecule has 0 spiro atoms. The van der Waals surface area contributed by atoms with E-state index in [1.54, 1.807) is 0 Å². The minimum absolute atomic E-state index is 0.469. The van der Waals surface area contributed by atoms with E-state index in [1.165, 1.54) is 38.2 Å². The van der Waals surface area contributed by atoms with Crippen LogP contribution in [0.3, 0.4) is 0 Å². The molecule has 1 aromatic carbocycles. The average Bonchev–Trinajstić information content (AvgIpc) is 2.44. The summed E-state index contributed by atoms with van der Waals surface area (Å²) in [7, 11) is 4.28. The summed E-state index contributed by atoms with van der Waals surface area (Å²) in [6.07, 6.45) is 1.18. The van der Waals surface area contributed by atoms with Crippen LogP contribution in [0.4, 0.5) is 0 Å². The van der Waals surface area contributed by atoms with Crippen molar-refractivity contribution in [1.82, 2.24) is 15.1 Å². The van der Waals surface area contributed by atoms with Gasteiger partial charge in [-0.3, -0.25) is 0 Å². The van der Waals surface area contributed by atoms with Gasteiger partial charge in [0, 0.05) is 38.3 Å². The minimum atomic E-state index is 0.469. The van der Waals surface area contributed by atoms with E-state index in [9.17, 15) is 0 Å². The summed E-state index contributed by atoms with van der Waals surface area (Å²) in [6, 6.07) is 11.9. The highest BCUT2D eigenvalue weighted by molar-refractivity contribution is 5.18. The van der Waals surface area contributed by atoms with Crippen LogP contribution in [0.15, 0.2) is 30.3 Å². The van der Waals surface area contributed by atoms with Crippen LogP contribution in [-0.4, -0.2) is 56.1 Å². The van der Waals surface area contributed by atoms with Gasteiger partial charge in [-0.25, -0.2) is 0 Å². The van der Waals surface area contributed by atoms with Gasteiger partial charge in [-0.05, 0) is 33.0 Å². The SMILES string of the molecule is CNC(CCN1CCN(C)C(C)C1)c1ccccc1. The van der Waals surface area contributed by atoms with Crippen molar-refractivity contribution in [1.29, 1.82) is 0 Å². The van der Waals surface area contributed by atoms with Gasteiger partial charge >= 0.3 is 0 Å². The average molecular weight is 261 g/mol. The molecule has 1 aliphatic rings. The Bertz CT molecular complexity index is 366. The number of benzene rings is 1. The van der Waals surface area contributed by atoms with E-state index in [0.29, 0.717) is 12.1 Å². The first-order chi connectivity index (χ1) is 9.20. The highest BCUT2D eigenvalue weighted by Crippen LogP contribution is 2.17. The number of nitrogens with one attached hydrogen (secondary N) is 1. The Morgan fingerprint density at radius 3 is 2.63 bits per heavy atom. The molecule has 1 fully saturated rings. The van der Waals surface area contributed by atoms with Gasteiger partial charge in [-0.1, -0.05) is 30.3 Å². The zero-order valence-corrected chi connectivity index (χ0v) is 12.5. The molecule has 0 aliphatic carbocycles. The third-order valence-corrected chi connectivity index (χ3v) is 4.33. The van der Waals surface area contributed by atoms with Crippen LogP contribution >= 0.6 is 0 Å². The summed E-state index contributed by atoms with van der Waals surface area (Å²) in [5.74, 6) is 0. The van der Waals surface area contributed by atoms with Gasteiger partial charge in [0.2, 0.25) is 0 Å². The first-order valence-corrected chi connectivity index (χ1v) is 7.35. The van der Waals surface area contributed by atoms with Crippen molar-refractivity contribution in [3.63, 3.8) is 0 Å². The van der Waals surface area contributed by atoms with Crippen molar-refractivity contribution in [3.8, 4) is 0 Å². The molecule has 1 aromatic rings. The highest BCUT2D eigenvalue weighted by atomic mass is 15.3. The first-order valence-electron chi connectivity index (χ1n) is 7.35. The van der Waals surface area contributed by atoms with Crippen molar-refractivity contribution in [3.05, 3.63) is 35.9 Å². The van der Waals surface area contributed by atoms with Crippen molar-refractivity contribution in [2.45, 2.75) is 25.4 Å². The van der Waals surface area contributed by atoms with Gasteiger partial charge in [0.05, 0.1) is 0 Å². The summed E-state index contributed by atoms with van der Waals surface area (Å²) < 4.78 is 0. The Morgan fingerprint density at radius 2 is 2.00 bits per heavy atom. The highest BCUT2D eigenvalue weighted by Gasteiger charge is 2.21. The molecule has 3 nitrogen and oxygen atoms in total. The van der Waals surface area contributed by atoms with E-state index >= 15 is 0 Å². The maximum absolute atomic E-state index is 3.44.